The summed E-state index contributed by atoms with van der Waals surface area (Å²) in [6.07, 6.45) is 4.23. The quantitative estimate of drug-likeness (QED) is 0.272. The minimum atomic E-state index is 0. The van der Waals surface area contributed by atoms with E-state index >= 15 is 0 Å². The Morgan fingerprint density at radius 3 is 3.04 bits per heavy atom. The van der Waals surface area contributed by atoms with Gasteiger partial charge in [0, 0.05) is 27.2 Å². The Labute approximate surface area is 164 Å². The monoisotopic (exact) mass is 460 g/mol. The van der Waals surface area contributed by atoms with Crippen LogP contribution in [0.15, 0.2) is 27.8 Å². The van der Waals surface area contributed by atoms with Crippen LogP contribution in [0.3, 0.4) is 0 Å². The average Bonchev–Trinajstić information content (AvgIpc) is 3.06. The smallest absolute Gasteiger partial charge is 0.216 e. The van der Waals surface area contributed by atoms with Gasteiger partial charge in [-0.15, -0.1) is 29.1 Å². The van der Waals surface area contributed by atoms with Crippen LogP contribution in [0.5, 0.6) is 0 Å². The predicted molar refractivity (Wildman–Crippen MR) is 106 cm³/mol. The molecule has 1 aliphatic rings. The molecule has 0 radical (unpaired) electrons. The van der Waals surface area contributed by atoms with E-state index in [0.29, 0.717) is 24.7 Å². The van der Waals surface area contributed by atoms with Crippen LogP contribution in [0.4, 0.5) is 0 Å². The van der Waals surface area contributed by atoms with Gasteiger partial charge in [0.2, 0.25) is 5.82 Å². The lowest BCUT2D eigenvalue weighted by Crippen LogP contribution is -2.40. The van der Waals surface area contributed by atoms with Crippen LogP contribution < -0.4 is 5.32 Å². The first-order chi connectivity index (χ1) is 11.8. The average molecular weight is 460 g/mol. The van der Waals surface area contributed by atoms with Gasteiger partial charge in [-0.1, -0.05) is 0 Å². The van der Waals surface area contributed by atoms with Gasteiger partial charge < -0.3 is 19.4 Å². The molecule has 25 heavy (non-hydrogen) atoms. The number of aliphatic imine (C=N–C) groups is 1. The molecule has 0 aliphatic heterocycles. The molecule has 0 saturated heterocycles. The maximum Gasteiger partial charge on any atom is 0.216 e. The number of hydrogen-bond acceptors (Lipinski definition) is 5. The van der Waals surface area contributed by atoms with E-state index in [1.54, 1.807) is 13.3 Å². The van der Waals surface area contributed by atoms with E-state index in [1.165, 1.54) is 12.8 Å². The number of guanidine groups is 1. The van der Waals surface area contributed by atoms with E-state index in [0.717, 1.165) is 30.9 Å². The second-order valence-electron chi connectivity index (χ2n) is 5.92. The number of aromatic amines is 1. The number of ether oxygens (including phenoxy) is 1. The summed E-state index contributed by atoms with van der Waals surface area (Å²) in [6.45, 7) is 2.89. The molecule has 3 rings (SSSR count). The van der Waals surface area contributed by atoms with E-state index in [2.05, 4.69) is 25.5 Å². The molecule has 2 aromatic rings. The summed E-state index contributed by atoms with van der Waals surface area (Å²) in [6, 6.07) is 3.64. The van der Waals surface area contributed by atoms with Crippen molar-refractivity contribution in [2.75, 3.05) is 33.9 Å². The number of halogens is 1. The molecule has 0 amide bonds. The minimum Gasteiger partial charge on any atom is -0.461 e. The number of H-pyrrole nitrogens is 1. The van der Waals surface area contributed by atoms with Gasteiger partial charge in [0.15, 0.2) is 11.7 Å². The first kappa shape index (κ1) is 19.7. The van der Waals surface area contributed by atoms with E-state index in [4.69, 9.17) is 9.15 Å². The lowest BCUT2D eigenvalue weighted by atomic mass is 10.4. The Morgan fingerprint density at radius 2 is 2.36 bits per heavy atom. The molecule has 0 atom stereocenters. The topological polar surface area (TPSA) is 91.6 Å². The normalized spacial score (nSPS) is 14.2. The standard InChI is InChI=1S/C16H24N6O2.HI/c1-17-16(22(2)7-9-23-11-12-5-6-12)18-10-14-19-15(21-20-14)13-4-3-8-24-13;/h3-4,8,12H,5-7,9-11H2,1-2H3,(H,17,18)(H,19,20,21);1H. The highest BCUT2D eigenvalue weighted by molar-refractivity contribution is 14.0. The van der Waals surface area contributed by atoms with E-state index < -0.39 is 0 Å². The third-order valence-electron chi connectivity index (χ3n) is 3.88. The number of rotatable bonds is 8. The van der Waals surface area contributed by atoms with Gasteiger partial charge in [0.25, 0.3) is 0 Å². The van der Waals surface area contributed by atoms with Gasteiger partial charge >= 0.3 is 0 Å². The second kappa shape index (κ2) is 9.76. The molecule has 2 N–H and O–H groups in total. The zero-order valence-corrected chi connectivity index (χ0v) is 16.9. The van der Waals surface area contributed by atoms with Crippen molar-refractivity contribution in [3.8, 4) is 11.6 Å². The number of furan rings is 1. The summed E-state index contributed by atoms with van der Waals surface area (Å²) < 4.78 is 10.9. The number of nitrogens with one attached hydrogen (secondary N) is 2. The van der Waals surface area contributed by atoms with Crippen LogP contribution >= 0.6 is 24.0 Å². The van der Waals surface area contributed by atoms with Crippen molar-refractivity contribution in [3.05, 3.63) is 24.2 Å². The summed E-state index contributed by atoms with van der Waals surface area (Å²) in [5.41, 5.74) is 0. The van der Waals surface area contributed by atoms with Crippen LogP contribution in [0.1, 0.15) is 18.7 Å². The maximum absolute atomic E-state index is 5.67. The summed E-state index contributed by atoms with van der Waals surface area (Å²) in [4.78, 5) is 10.7. The largest absolute Gasteiger partial charge is 0.461 e. The number of likely N-dealkylation sites (N-methyl/N-ethyl adjacent to an activating group) is 1. The molecular weight excluding hydrogens is 435 g/mol. The molecule has 0 bridgehead atoms. The Hall–Kier alpha value is -1.62. The number of hydrogen-bond donors (Lipinski definition) is 2. The molecule has 8 nitrogen and oxygen atoms in total. The zero-order valence-electron chi connectivity index (χ0n) is 14.6. The molecule has 138 valence electrons. The van der Waals surface area contributed by atoms with Gasteiger partial charge in [-0.05, 0) is 30.9 Å². The lowest BCUT2D eigenvalue weighted by molar-refractivity contribution is 0.115. The highest BCUT2D eigenvalue weighted by Gasteiger charge is 2.21. The fourth-order valence-electron chi connectivity index (χ4n) is 2.28. The van der Waals surface area contributed by atoms with Crippen molar-refractivity contribution in [1.29, 1.82) is 0 Å². The van der Waals surface area contributed by atoms with Crippen molar-refractivity contribution in [2.24, 2.45) is 10.9 Å². The van der Waals surface area contributed by atoms with Crippen molar-refractivity contribution >= 4 is 29.9 Å². The van der Waals surface area contributed by atoms with Crippen molar-refractivity contribution in [3.63, 3.8) is 0 Å². The first-order valence-electron chi connectivity index (χ1n) is 8.21. The maximum atomic E-state index is 5.67. The van der Waals surface area contributed by atoms with Crippen LogP contribution in [0.25, 0.3) is 11.6 Å². The van der Waals surface area contributed by atoms with Gasteiger partial charge in [-0.3, -0.25) is 10.1 Å². The van der Waals surface area contributed by atoms with Gasteiger partial charge in [-0.2, -0.15) is 0 Å². The van der Waals surface area contributed by atoms with Crippen molar-refractivity contribution < 1.29 is 9.15 Å². The minimum absolute atomic E-state index is 0. The first-order valence-corrected chi connectivity index (χ1v) is 8.21. The van der Waals surface area contributed by atoms with E-state index in [-0.39, 0.29) is 24.0 Å². The molecular formula is C16H25IN6O2. The second-order valence-corrected chi connectivity index (χ2v) is 5.92. The third kappa shape index (κ3) is 5.99. The number of aromatic nitrogens is 3. The summed E-state index contributed by atoms with van der Waals surface area (Å²) in [5, 5.41) is 10.3. The van der Waals surface area contributed by atoms with Gasteiger partial charge in [-0.25, -0.2) is 4.98 Å². The molecule has 9 heteroatoms. The molecule has 2 heterocycles. The Bertz CT molecular complexity index is 653. The highest BCUT2D eigenvalue weighted by atomic mass is 127. The summed E-state index contributed by atoms with van der Waals surface area (Å²) >= 11 is 0. The molecule has 1 fully saturated rings. The Morgan fingerprint density at radius 1 is 1.52 bits per heavy atom. The van der Waals surface area contributed by atoms with E-state index in [9.17, 15) is 0 Å². The van der Waals surface area contributed by atoms with Crippen LogP contribution in [-0.4, -0.2) is 59.9 Å². The van der Waals surface area contributed by atoms with Crippen LogP contribution in [-0.2, 0) is 11.3 Å². The molecule has 1 aliphatic carbocycles. The van der Waals surface area contributed by atoms with E-state index in [1.807, 2.05) is 24.1 Å². The summed E-state index contributed by atoms with van der Waals surface area (Å²) in [7, 11) is 3.75. The molecule has 1 saturated carbocycles. The highest BCUT2D eigenvalue weighted by Crippen LogP contribution is 2.28. The molecule has 2 aromatic heterocycles. The Kier molecular flexibility index (Phi) is 7.69. The predicted octanol–water partition coefficient (Wildman–Crippen LogP) is 2.12. The SMILES string of the molecule is CN=C(NCc1nc(-c2ccco2)n[nH]1)N(C)CCOCC1CC1.I. The summed E-state index contributed by atoms with van der Waals surface area (Å²) in [5.74, 6) is 3.50. The molecule has 0 aromatic carbocycles. The van der Waals surface area contributed by atoms with Crippen LogP contribution in [0, 0.1) is 5.92 Å². The van der Waals surface area contributed by atoms with Gasteiger partial charge in [0.1, 0.15) is 5.82 Å². The fourth-order valence-corrected chi connectivity index (χ4v) is 2.28. The Balaban J connectivity index is 0.00000225. The zero-order chi connectivity index (χ0) is 16.8. The number of nitrogens with zero attached hydrogens (tertiary/aromatic N) is 4. The lowest BCUT2D eigenvalue weighted by Gasteiger charge is -2.21. The molecule has 0 unspecified atom stereocenters. The molecule has 0 spiro atoms. The van der Waals surface area contributed by atoms with Crippen LogP contribution in [0.2, 0.25) is 0 Å². The fraction of sp³-hybridized carbons (Fsp3) is 0.562. The van der Waals surface area contributed by atoms with Crippen molar-refractivity contribution in [1.82, 2.24) is 25.4 Å². The third-order valence-corrected chi connectivity index (χ3v) is 3.88. The van der Waals surface area contributed by atoms with Gasteiger partial charge in [0.05, 0.1) is 19.4 Å². The van der Waals surface area contributed by atoms with Crippen molar-refractivity contribution in [2.45, 2.75) is 19.4 Å².